The number of amides is 2. The number of benzene rings is 1. The van der Waals surface area contributed by atoms with E-state index in [1.54, 1.807) is 6.92 Å². The van der Waals surface area contributed by atoms with Crippen LogP contribution in [-0.4, -0.2) is 36.4 Å². The lowest BCUT2D eigenvalue weighted by Gasteiger charge is -2.56. The van der Waals surface area contributed by atoms with E-state index in [1.165, 1.54) is 12.8 Å². The van der Waals surface area contributed by atoms with Crippen LogP contribution in [0.15, 0.2) is 30.3 Å². The third-order valence-electron chi connectivity index (χ3n) is 6.56. The lowest BCUT2D eigenvalue weighted by atomic mass is 9.54. The van der Waals surface area contributed by atoms with Gasteiger partial charge < -0.3 is 20.5 Å². The molecule has 1 aromatic carbocycles. The molecule has 0 radical (unpaired) electrons. The van der Waals surface area contributed by atoms with E-state index in [2.05, 4.69) is 10.6 Å². The van der Waals surface area contributed by atoms with Crippen molar-refractivity contribution in [3.63, 3.8) is 0 Å². The second-order valence-electron chi connectivity index (χ2n) is 8.13. The van der Waals surface area contributed by atoms with Gasteiger partial charge in [0.25, 0.3) is 0 Å². The highest BCUT2D eigenvalue weighted by Crippen LogP contribution is 2.60. The highest BCUT2D eigenvalue weighted by Gasteiger charge is 2.65. The number of nitrogens with one attached hydrogen (secondary N) is 2. The minimum atomic E-state index is -1.08. The second kappa shape index (κ2) is 6.29. The van der Waals surface area contributed by atoms with E-state index in [9.17, 15) is 9.90 Å². The maximum absolute atomic E-state index is 12.5. The molecule has 0 bridgehead atoms. The molecule has 1 heterocycles. The van der Waals surface area contributed by atoms with Gasteiger partial charge in [0.15, 0.2) is 0 Å². The van der Waals surface area contributed by atoms with Crippen molar-refractivity contribution < 1.29 is 14.6 Å². The summed E-state index contributed by atoms with van der Waals surface area (Å²) in [6.45, 7) is 2.73. The van der Waals surface area contributed by atoms with Crippen LogP contribution in [0.3, 0.4) is 0 Å². The summed E-state index contributed by atoms with van der Waals surface area (Å²) in [5, 5.41) is 16.7. The van der Waals surface area contributed by atoms with E-state index >= 15 is 0 Å². The average molecular weight is 344 g/mol. The Labute approximate surface area is 149 Å². The molecule has 4 unspecified atom stereocenters. The molecule has 136 valence electrons. The zero-order valence-electron chi connectivity index (χ0n) is 14.8. The highest BCUT2D eigenvalue weighted by atomic mass is 16.5. The first-order valence-corrected chi connectivity index (χ1v) is 9.47. The van der Waals surface area contributed by atoms with E-state index < -0.39 is 5.60 Å². The number of ether oxygens (including phenoxy) is 1. The number of hydrogen-bond acceptors (Lipinski definition) is 3. The smallest absolute Gasteiger partial charge is 0.315 e. The number of rotatable bonds is 4. The van der Waals surface area contributed by atoms with Crippen LogP contribution in [0.1, 0.15) is 44.6 Å². The number of carbonyl (C=O) groups excluding carboxylic acids is 1. The standard InChI is InChI=1S/C20H28N2O3/c1-19(24,14-7-3-2-4-8-14)13-21-18(23)22-16-15-9-12-25-17(15)20(16)10-5-6-11-20/h2-4,7-8,15-17,24H,5-6,9-13H2,1H3,(H2,21,22,23). The Bertz CT molecular complexity index is 625. The first kappa shape index (κ1) is 16.9. The van der Waals surface area contributed by atoms with Crippen LogP contribution in [-0.2, 0) is 10.3 Å². The van der Waals surface area contributed by atoms with Crippen molar-refractivity contribution in [2.24, 2.45) is 11.3 Å². The van der Waals surface area contributed by atoms with E-state index in [-0.39, 0.29) is 24.0 Å². The van der Waals surface area contributed by atoms with Gasteiger partial charge in [0, 0.05) is 24.0 Å². The molecule has 0 aromatic heterocycles. The van der Waals surface area contributed by atoms with Crippen molar-refractivity contribution >= 4 is 6.03 Å². The Morgan fingerprint density at radius 3 is 2.76 bits per heavy atom. The van der Waals surface area contributed by atoms with Gasteiger partial charge in [-0.2, -0.15) is 0 Å². The van der Waals surface area contributed by atoms with Crippen molar-refractivity contribution in [2.45, 2.75) is 56.8 Å². The minimum Gasteiger partial charge on any atom is -0.384 e. The number of hydrogen-bond donors (Lipinski definition) is 3. The molecule has 3 aliphatic rings. The van der Waals surface area contributed by atoms with Gasteiger partial charge in [-0.1, -0.05) is 43.2 Å². The summed E-state index contributed by atoms with van der Waals surface area (Å²) in [7, 11) is 0. The van der Waals surface area contributed by atoms with Crippen molar-refractivity contribution in [3.8, 4) is 0 Å². The summed E-state index contributed by atoms with van der Waals surface area (Å²) in [5.41, 5.74) is -0.127. The predicted molar refractivity (Wildman–Crippen MR) is 95.1 cm³/mol. The van der Waals surface area contributed by atoms with Crippen LogP contribution in [0, 0.1) is 11.3 Å². The van der Waals surface area contributed by atoms with E-state index in [0.717, 1.165) is 31.4 Å². The monoisotopic (exact) mass is 344 g/mol. The Hall–Kier alpha value is -1.59. The first-order valence-electron chi connectivity index (χ1n) is 9.47. The van der Waals surface area contributed by atoms with Crippen molar-refractivity contribution in [1.29, 1.82) is 0 Å². The van der Waals surface area contributed by atoms with Crippen LogP contribution in [0.4, 0.5) is 4.79 Å². The normalized spacial score (nSPS) is 31.8. The molecule has 1 spiro atoms. The summed E-state index contributed by atoms with van der Waals surface area (Å²) >= 11 is 0. The summed E-state index contributed by atoms with van der Waals surface area (Å²) in [6.07, 6.45) is 6.15. The minimum absolute atomic E-state index is 0.153. The van der Waals surface area contributed by atoms with Gasteiger partial charge in [-0.15, -0.1) is 0 Å². The summed E-state index contributed by atoms with van der Waals surface area (Å²) in [6, 6.07) is 9.48. The molecular formula is C20H28N2O3. The SMILES string of the molecule is CC(O)(CNC(=O)NC1C2CCOC2C12CCCC2)c1ccccc1. The second-order valence-corrected chi connectivity index (χ2v) is 8.13. The molecule has 5 nitrogen and oxygen atoms in total. The Kier molecular flexibility index (Phi) is 4.24. The molecule has 3 N–H and O–H groups in total. The van der Waals surface area contributed by atoms with E-state index in [4.69, 9.17) is 4.74 Å². The number of fused-ring (bicyclic) bond motifs is 2. The van der Waals surface area contributed by atoms with Crippen LogP contribution < -0.4 is 10.6 Å². The molecule has 1 aliphatic heterocycles. The fourth-order valence-electron chi connectivity index (χ4n) is 5.25. The quantitative estimate of drug-likeness (QED) is 0.786. The molecule has 4 rings (SSSR count). The molecule has 4 atom stereocenters. The Morgan fingerprint density at radius 1 is 1.32 bits per heavy atom. The van der Waals surface area contributed by atoms with Crippen LogP contribution in [0.25, 0.3) is 0 Å². The molecule has 2 aliphatic carbocycles. The van der Waals surface area contributed by atoms with Crippen LogP contribution in [0.5, 0.6) is 0 Å². The zero-order valence-corrected chi connectivity index (χ0v) is 14.8. The van der Waals surface area contributed by atoms with Crippen molar-refractivity contribution in [3.05, 3.63) is 35.9 Å². The molecule has 2 saturated carbocycles. The van der Waals surface area contributed by atoms with Gasteiger partial charge in [-0.3, -0.25) is 0 Å². The van der Waals surface area contributed by atoms with Crippen molar-refractivity contribution in [2.75, 3.05) is 13.2 Å². The fourth-order valence-corrected chi connectivity index (χ4v) is 5.25. The van der Waals surface area contributed by atoms with Crippen LogP contribution >= 0.6 is 0 Å². The lowest BCUT2D eigenvalue weighted by molar-refractivity contribution is -0.126. The molecule has 5 heteroatoms. The number of aliphatic hydroxyl groups is 1. The van der Waals surface area contributed by atoms with Crippen LogP contribution in [0.2, 0.25) is 0 Å². The predicted octanol–water partition coefficient (Wildman–Crippen LogP) is 2.54. The molecule has 1 aromatic rings. The van der Waals surface area contributed by atoms with Gasteiger partial charge in [0.2, 0.25) is 0 Å². The molecular weight excluding hydrogens is 316 g/mol. The third-order valence-corrected chi connectivity index (χ3v) is 6.56. The van der Waals surface area contributed by atoms with Gasteiger partial charge in [0.1, 0.15) is 5.60 Å². The molecule has 2 amide bonds. The average Bonchev–Trinajstić information content (AvgIpc) is 3.27. The summed E-state index contributed by atoms with van der Waals surface area (Å²) < 4.78 is 5.96. The topological polar surface area (TPSA) is 70.6 Å². The molecule has 1 saturated heterocycles. The van der Waals surface area contributed by atoms with E-state index in [1.807, 2.05) is 30.3 Å². The summed E-state index contributed by atoms with van der Waals surface area (Å²) in [5.74, 6) is 0.457. The maximum atomic E-state index is 12.5. The van der Waals surface area contributed by atoms with Gasteiger partial charge in [-0.25, -0.2) is 4.79 Å². The Morgan fingerprint density at radius 2 is 2.04 bits per heavy atom. The third kappa shape index (κ3) is 2.83. The van der Waals surface area contributed by atoms with Gasteiger partial charge in [0.05, 0.1) is 12.6 Å². The maximum Gasteiger partial charge on any atom is 0.315 e. The number of urea groups is 1. The number of carbonyl (C=O) groups is 1. The lowest BCUT2D eigenvalue weighted by Crippen LogP contribution is -2.69. The zero-order chi connectivity index (χ0) is 17.5. The van der Waals surface area contributed by atoms with Gasteiger partial charge in [-0.05, 0) is 31.7 Å². The van der Waals surface area contributed by atoms with E-state index in [0.29, 0.717) is 12.0 Å². The highest BCUT2D eigenvalue weighted by molar-refractivity contribution is 5.74. The van der Waals surface area contributed by atoms with Gasteiger partial charge >= 0.3 is 6.03 Å². The fraction of sp³-hybridized carbons (Fsp3) is 0.650. The molecule has 3 fully saturated rings. The summed E-state index contributed by atoms with van der Waals surface area (Å²) in [4.78, 5) is 12.5. The molecule has 25 heavy (non-hydrogen) atoms. The first-order chi connectivity index (χ1) is 12.0. The van der Waals surface area contributed by atoms with Crippen molar-refractivity contribution in [1.82, 2.24) is 10.6 Å². The Balaban J connectivity index is 1.36. The largest absolute Gasteiger partial charge is 0.384 e.